The van der Waals surface area contributed by atoms with E-state index < -0.39 is 5.97 Å². The minimum atomic E-state index is -0.464. The summed E-state index contributed by atoms with van der Waals surface area (Å²) in [6.07, 6.45) is 0.778. The van der Waals surface area contributed by atoms with Crippen molar-refractivity contribution in [2.24, 2.45) is 0 Å². The predicted octanol–water partition coefficient (Wildman–Crippen LogP) is 4.38. The van der Waals surface area contributed by atoms with E-state index in [1.54, 1.807) is 6.07 Å². The van der Waals surface area contributed by atoms with Gasteiger partial charge in [0.1, 0.15) is 0 Å². The number of hydrogen-bond acceptors (Lipinski definition) is 4. The summed E-state index contributed by atoms with van der Waals surface area (Å²) in [7, 11) is 0. The Morgan fingerprint density at radius 1 is 1.14 bits per heavy atom. The van der Waals surface area contributed by atoms with E-state index in [0.717, 1.165) is 16.7 Å². The van der Waals surface area contributed by atoms with Crippen LogP contribution in [0.4, 0.5) is 5.69 Å². The zero-order chi connectivity index (χ0) is 20.5. The van der Waals surface area contributed by atoms with Gasteiger partial charge in [0.2, 0.25) is 0 Å². The molecule has 0 saturated heterocycles. The highest BCUT2D eigenvalue weighted by Gasteiger charge is 2.18. The Hall–Kier alpha value is -2.84. The molecule has 146 valence electrons. The molecule has 28 heavy (non-hydrogen) atoms. The van der Waals surface area contributed by atoms with Crippen molar-refractivity contribution in [3.63, 3.8) is 0 Å². The van der Waals surface area contributed by atoms with E-state index in [4.69, 9.17) is 21.6 Å². The summed E-state index contributed by atoms with van der Waals surface area (Å²) in [5, 5.41) is 9.49. The van der Waals surface area contributed by atoms with E-state index in [2.05, 4.69) is 0 Å². The Labute approximate surface area is 170 Å². The van der Waals surface area contributed by atoms with Crippen LogP contribution in [0.2, 0.25) is 5.02 Å². The number of esters is 1. The summed E-state index contributed by atoms with van der Waals surface area (Å²) < 4.78 is 5.15. The molecule has 0 unspecified atom stereocenters. The maximum absolute atomic E-state index is 12.6. The number of nitrogens with zero attached hydrogens (tertiary/aromatic N) is 2. The number of rotatable bonds is 8. The lowest BCUT2D eigenvalue weighted by Crippen LogP contribution is -2.35. The second kappa shape index (κ2) is 10.5. The largest absolute Gasteiger partial charge is 0.456 e. The third kappa shape index (κ3) is 6.40. The molecule has 0 spiro atoms. The molecule has 0 bridgehead atoms. The van der Waals surface area contributed by atoms with Crippen molar-refractivity contribution < 1.29 is 14.3 Å². The first kappa shape index (κ1) is 21.5. The van der Waals surface area contributed by atoms with Gasteiger partial charge >= 0.3 is 5.97 Å². The van der Waals surface area contributed by atoms with Crippen LogP contribution in [-0.4, -0.2) is 25.0 Å². The van der Waals surface area contributed by atoms with Gasteiger partial charge in [0.05, 0.1) is 12.5 Å². The molecule has 5 nitrogen and oxygen atoms in total. The molecule has 0 aromatic heterocycles. The maximum atomic E-state index is 12.6. The van der Waals surface area contributed by atoms with Crippen molar-refractivity contribution in [3.8, 4) is 6.07 Å². The summed E-state index contributed by atoms with van der Waals surface area (Å²) in [6, 6.07) is 15.1. The number of nitriles is 1. The van der Waals surface area contributed by atoms with Crippen LogP contribution in [0.25, 0.3) is 0 Å². The van der Waals surface area contributed by atoms with E-state index in [0.29, 0.717) is 17.1 Å². The molecule has 2 rings (SSSR count). The summed E-state index contributed by atoms with van der Waals surface area (Å²) in [5.41, 5.74) is 3.59. The molecule has 0 aliphatic rings. The van der Waals surface area contributed by atoms with Crippen molar-refractivity contribution in [1.29, 1.82) is 5.26 Å². The normalized spacial score (nSPS) is 10.2. The zero-order valence-electron chi connectivity index (χ0n) is 16.1. The fraction of sp³-hybridized carbons (Fsp3) is 0.318. The van der Waals surface area contributed by atoms with E-state index in [-0.39, 0.29) is 31.9 Å². The number of anilines is 1. The first-order valence-corrected chi connectivity index (χ1v) is 9.43. The topological polar surface area (TPSA) is 70.4 Å². The van der Waals surface area contributed by atoms with E-state index >= 15 is 0 Å². The molecule has 0 atom stereocenters. The van der Waals surface area contributed by atoms with Crippen LogP contribution < -0.4 is 4.90 Å². The van der Waals surface area contributed by atoms with Gasteiger partial charge in [-0.2, -0.15) is 5.26 Å². The fourth-order valence-electron chi connectivity index (χ4n) is 2.90. The second-order valence-electron chi connectivity index (χ2n) is 6.55. The number of hydrogen-bond donors (Lipinski definition) is 0. The Kier molecular flexibility index (Phi) is 8.03. The summed E-state index contributed by atoms with van der Waals surface area (Å²) >= 11 is 6.08. The smallest absolute Gasteiger partial charge is 0.306 e. The van der Waals surface area contributed by atoms with Crippen LogP contribution in [0, 0.1) is 25.2 Å². The summed E-state index contributed by atoms with van der Waals surface area (Å²) in [4.78, 5) is 26.1. The fourth-order valence-corrected chi connectivity index (χ4v) is 3.13. The molecule has 0 heterocycles. The van der Waals surface area contributed by atoms with Gasteiger partial charge in [0.15, 0.2) is 6.61 Å². The van der Waals surface area contributed by atoms with Gasteiger partial charge in [-0.3, -0.25) is 9.59 Å². The van der Waals surface area contributed by atoms with Crippen LogP contribution >= 0.6 is 11.6 Å². The Morgan fingerprint density at radius 2 is 1.82 bits per heavy atom. The predicted molar refractivity (Wildman–Crippen MR) is 109 cm³/mol. The number of carbonyl (C=O) groups excluding carboxylic acids is 2. The first-order valence-electron chi connectivity index (χ1n) is 9.05. The third-order valence-electron chi connectivity index (χ3n) is 4.18. The molecule has 1 amide bonds. The molecular weight excluding hydrogens is 376 g/mol. The number of amides is 1. The molecule has 0 aliphatic heterocycles. The van der Waals surface area contributed by atoms with Gasteiger partial charge in [-0.25, -0.2) is 0 Å². The SMILES string of the molecule is Cc1cc(C)cc(N(CCC#N)C(=O)COC(=O)CCc2ccccc2Cl)c1. The minimum absolute atomic E-state index is 0.138. The second-order valence-corrected chi connectivity index (χ2v) is 6.96. The molecule has 0 radical (unpaired) electrons. The van der Waals surface area contributed by atoms with Crippen LogP contribution in [0.1, 0.15) is 29.5 Å². The lowest BCUT2D eigenvalue weighted by Gasteiger charge is -2.22. The minimum Gasteiger partial charge on any atom is -0.456 e. The lowest BCUT2D eigenvalue weighted by atomic mass is 10.1. The van der Waals surface area contributed by atoms with E-state index in [9.17, 15) is 9.59 Å². The molecule has 2 aromatic rings. The molecule has 0 aliphatic carbocycles. The average Bonchev–Trinajstić information content (AvgIpc) is 2.65. The summed E-state index contributed by atoms with van der Waals surface area (Å²) in [5.74, 6) is -0.819. The average molecular weight is 399 g/mol. The van der Waals surface area contributed by atoms with Gasteiger partial charge in [0, 0.05) is 23.7 Å². The Morgan fingerprint density at radius 3 is 2.46 bits per heavy atom. The number of ether oxygens (including phenoxy) is 1. The third-order valence-corrected chi connectivity index (χ3v) is 4.55. The van der Waals surface area contributed by atoms with Crippen LogP contribution in [0.3, 0.4) is 0 Å². The van der Waals surface area contributed by atoms with Gasteiger partial charge in [-0.1, -0.05) is 35.9 Å². The standard InChI is InChI=1S/C22H23ClN2O3/c1-16-12-17(2)14-19(13-16)25(11-5-10-24)21(26)15-28-22(27)9-8-18-6-3-4-7-20(18)23/h3-4,6-7,12-14H,5,8-9,11,15H2,1-2H3. The van der Waals surface area contributed by atoms with Gasteiger partial charge in [-0.05, 0) is 55.2 Å². The van der Waals surface area contributed by atoms with Crippen molar-refractivity contribution >= 4 is 29.2 Å². The van der Waals surface area contributed by atoms with Crippen molar-refractivity contribution in [3.05, 3.63) is 64.2 Å². The highest BCUT2D eigenvalue weighted by atomic mass is 35.5. The zero-order valence-corrected chi connectivity index (χ0v) is 16.8. The monoisotopic (exact) mass is 398 g/mol. The molecule has 0 fully saturated rings. The van der Waals surface area contributed by atoms with Crippen LogP contribution in [-0.2, 0) is 20.7 Å². The first-order chi connectivity index (χ1) is 13.4. The Balaban J connectivity index is 1.96. The van der Waals surface area contributed by atoms with Gasteiger partial charge in [0.25, 0.3) is 5.91 Å². The van der Waals surface area contributed by atoms with Gasteiger partial charge < -0.3 is 9.64 Å². The number of aryl methyl sites for hydroxylation is 3. The number of halogens is 1. The van der Waals surface area contributed by atoms with Crippen LogP contribution in [0.15, 0.2) is 42.5 Å². The van der Waals surface area contributed by atoms with Crippen molar-refractivity contribution in [1.82, 2.24) is 0 Å². The molecule has 0 N–H and O–H groups in total. The lowest BCUT2D eigenvalue weighted by molar-refractivity contribution is -0.147. The maximum Gasteiger partial charge on any atom is 0.306 e. The molecule has 2 aromatic carbocycles. The number of benzene rings is 2. The van der Waals surface area contributed by atoms with Crippen molar-refractivity contribution in [2.75, 3.05) is 18.1 Å². The number of carbonyl (C=O) groups is 2. The van der Waals surface area contributed by atoms with Gasteiger partial charge in [-0.15, -0.1) is 0 Å². The molecular formula is C22H23ClN2O3. The Bertz CT molecular complexity index is 869. The molecule has 0 saturated carbocycles. The van der Waals surface area contributed by atoms with E-state index in [1.165, 1.54) is 4.90 Å². The van der Waals surface area contributed by atoms with Crippen LogP contribution in [0.5, 0.6) is 0 Å². The summed E-state index contributed by atoms with van der Waals surface area (Å²) in [6.45, 7) is 3.77. The highest BCUT2D eigenvalue weighted by Crippen LogP contribution is 2.20. The van der Waals surface area contributed by atoms with Crippen molar-refractivity contribution in [2.45, 2.75) is 33.1 Å². The molecule has 6 heteroatoms. The van der Waals surface area contributed by atoms with E-state index in [1.807, 2.05) is 56.3 Å². The quantitative estimate of drug-likeness (QED) is 0.618. The highest BCUT2D eigenvalue weighted by molar-refractivity contribution is 6.31.